The summed E-state index contributed by atoms with van der Waals surface area (Å²) in [5, 5.41) is 21.6. The first-order chi connectivity index (χ1) is 15.9. The number of nitrogens with one attached hydrogen (secondary N) is 1. The van der Waals surface area contributed by atoms with Crippen molar-refractivity contribution in [3.05, 3.63) is 59.7 Å². The van der Waals surface area contributed by atoms with Crippen LogP contribution in [-0.2, 0) is 19.1 Å². The van der Waals surface area contributed by atoms with E-state index in [2.05, 4.69) is 17.4 Å². The Labute approximate surface area is 189 Å². The predicted molar refractivity (Wildman–Crippen MR) is 116 cm³/mol. The second kappa shape index (κ2) is 8.17. The smallest absolute Gasteiger partial charge is 0.407 e. The number of carboxylic acids is 1. The first-order valence-corrected chi connectivity index (χ1v) is 10.8. The van der Waals surface area contributed by atoms with Gasteiger partial charge in [0.15, 0.2) is 11.7 Å². The van der Waals surface area contributed by atoms with Crippen LogP contribution in [0.5, 0.6) is 0 Å². The molecule has 2 aromatic rings. The molecule has 0 radical (unpaired) electrons. The number of amides is 2. The van der Waals surface area contributed by atoms with Crippen LogP contribution >= 0.6 is 0 Å². The molecule has 2 aromatic carbocycles. The Kier molecular flexibility index (Phi) is 5.30. The molecule has 2 fully saturated rings. The molecule has 9 nitrogen and oxygen atoms in total. The molecular formula is C24H24N2O7. The molecule has 2 amide bonds. The fourth-order valence-corrected chi connectivity index (χ4v) is 4.83. The Morgan fingerprint density at radius 3 is 2.27 bits per heavy atom. The Morgan fingerprint density at radius 2 is 1.67 bits per heavy atom. The molecule has 2 saturated heterocycles. The second-order valence-electron chi connectivity index (χ2n) is 8.69. The maximum Gasteiger partial charge on any atom is 0.407 e. The van der Waals surface area contributed by atoms with Crippen LogP contribution in [0.25, 0.3) is 11.1 Å². The molecule has 2 aliphatic heterocycles. The van der Waals surface area contributed by atoms with E-state index in [9.17, 15) is 19.5 Å². The zero-order chi connectivity index (χ0) is 23.2. The van der Waals surface area contributed by atoms with Crippen molar-refractivity contribution in [2.24, 2.45) is 0 Å². The number of nitrogens with zero attached hydrogens (tertiary/aromatic N) is 1. The van der Waals surface area contributed by atoms with Crippen LogP contribution < -0.4 is 5.32 Å². The lowest BCUT2D eigenvalue weighted by molar-refractivity contribution is -0.185. The molecule has 0 aromatic heterocycles. The van der Waals surface area contributed by atoms with E-state index in [1.54, 1.807) is 0 Å². The normalized spacial score (nSPS) is 22.8. The highest BCUT2D eigenvalue weighted by Crippen LogP contribution is 2.44. The van der Waals surface area contributed by atoms with Gasteiger partial charge in [-0.1, -0.05) is 48.5 Å². The van der Waals surface area contributed by atoms with Crippen molar-refractivity contribution >= 4 is 18.0 Å². The number of likely N-dealkylation sites (tertiary alicyclic amines) is 1. The van der Waals surface area contributed by atoms with Gasteiger partial charge in [-0.05, 0) is 28.7 Å². The molecule has 2 heterocycles. The minimum absolute atomic E-state index is 0.0739. The van der Waals surface area contributed by atoms with E-state index in [1.165, 1.54) is 4.90 Å². The molecule has 0 unspecified atom stereocenters. The number of rotatable bonds is 5. The molecule has 9 heteroatoms. The van der Waals surface area contributed by atoms with E-state index in [1.807, 2.05) is 36.4 Å². The second-order valence-corrected chi connectivity index (χ2v) is 8.69. The van der Waals surface area contributed by atoms with Crippen molar-refractivity contribution in [2.45, 2.75) is 30.1 Å². The van der Waals surface area contributed by atoms with Crippen LogP contribution in [0.1, 0.15) is 23.5 Å². The number of hydrogen-bond acceptors (Lipinski definition) is 6. The van der Waals surface area contributed by atoms with E-state index in [0.717, 1.165) is 22.3 Å². The monoisotopic (exact) mass is 452 g/mol. The summed E-state index contributed by atoms with van der Waals surface area (Å²) in [6.07, 6.45) is -1.16. The van der Waals surface area contributed by atoms with Gasteiger partial charge in [-0.15, -0.1) is 0 Å². The molecule has 5 rings (SSSR count). The lowest BCUT2D eigenvalue weighted by Gasteiger charge is -2.44. The number of carbonyl (C=O) groups excluding carboxylic acids is 2. The van der Waals surface area contributed by atoms with Crippen molar-refractivity contribution in [1.82, 2.24) is 10.2 Å². The standard InChI is InChI=1S/C24H24N2O7/c27-21(26-12-24(31,13-26)22(28)29)20-19(9-10-32-20)25-23(30)33-11-18-16-7-3-1-5-14(16)15-6-2-4-8-17(15)18/h1-8,18-20,31H,9-13H2,(H,25,30)(H,28,29)/t19-,20+/m0/s1. The molecule has 1 aliphatic carbocycles. The molecule has 3 aliphatic rings. The maximum atomic E-state index is 12.7. The summed E-state index contributed by atoms with van der Waals surface area (Å²) in [6, 6.07) is 15.5. The highest BCUT2D eigenvalue weighted by molar-refractivity contribution is 5.88. The molecule has 0 saturated carbocycles. The maximum absolute atomic E-state index is 12.7. The third kappa shape index (κ3) is 3.73. The van der Waals surface area contributed by atoms with Crippen LogP contribution in [-0.4, -0.2) is 77.1 Å². The SMILES string of the molecule is O=C(N[C@H]1CCO[C@H]1C(=O)N1CC(O)(C(=O)O)C1)OCC1c2ccccc2-c2ccccc21. The van der Waals surface area contributed by atoms with Gasteiger partial charge in [0.2, 0.25) is 0 Å². The van der Waals surface area contributed by atoms with Gasteiger partial charge in [0.1, 0.15) is 6.61 Å². The fourth-order valence-electron chi connectivity index (χ4n) is 4.83. The minimum Gasteiger partial charge on any atom is -0.479 e. The number of benzene rings is 2. The van der Waals surface area contributed by atoms with E-state index < -0.39 is 35.7 Å². The number of alkyl carbamates (subject to hydrolysis) is 1. The molecule has 33 heavy (non-hydrogen) atoms. The van der Waals surface area contributed by atoms with Gasteiger partial charge in [-0.3, -0.25) is 4.79 Å². The van der Waals surface area contributed by atoms with Gasteiger partial charge in [-0.25, -0.2) is 9.59 Å². The highest BCUT2D eigenvalue weighted by Gasteiger charge is 2.52. The van der Waals surface area contributed by atoms with Gasteiger partial charge in [0.25, 0.3) is 5.91 Å². The summed E-state index contributed by atoms with van der Waals surface area (Å²) in [5.41, 5.74) is 2.55. The first-order valence-electron chi connectivity index (χ1n) is 10.8. The zero-order valence-electron chi connectivity index (χ0n) is 17.8. The largest absolute Gasteiger partial charge is 0.479 e. The van der Waals surface area contributed by atoms with Gasteiger partial charge in [0, 0.05) is 12.5 Å². The van der Waals surface area contributed by atoms with Crippen LogP contribution in [0.3, 0.4) is 0 Å². The van der Waals surface area contributed by atoms with Crippen LogP contribution in [0, 0.1) is 0 Å². The number of ether oxygens (including phenoxy) is 2. The quantitative estimate of drug-likeness (QED) is 0.625. The minimum atomic E-state index is -1.93. The summed E-state index contributed by atoms with van der Waals surface area (Å²) in [6.45, 7) is -0.178. The average molecular weight is 452 g/mol. The van der Waals surface area contributed by atoms with Crippen LogP contribution in [0.4, 0.5) is 4.79 Å². The number of fused-ring (bicyclic) bond motifs is 3. The van der Waals surface area contributed by atoms with Gasteiger partial charge < -0.3 is 29.9 Å². The Morgan fingerprint density at radius 1 is 1.06 bits per heavy atom. The molecule has 2 atom stereocenters. The number of carboxylic acid groups (broad SMARTS) is 1. The molecular weight excluding hydrogens is 428 g/mol. The van der Waals surface area contributed by atoms with Gasteiger partial charge >= 0.3 is 12.1 Å². The predicted octanol–water partition coefficient (Wildman–Crippen LogP) is 1.34. The van der Waals surface area contributed by atoms with E-state index in [-0.39, 0.29) is 32.2 Å². The van der Waals surface area contributed by atoms with Crippen molar-refractivity contribution < 1.29 is 34.1 Å². The number of β-amino-alcohol motifs (C(OH)–C–C–N with tert-alkyl or cyclic N) is 1. The van der Waals surface area contributed by atoms with Gasteiger partial charge in [0.05, 0.1) is 19.1 Å². The lowest BCUT2D eigenvalue weighted by Crippen LogP contribution is -2.69. The van der Waals surface area contributed by atoms with Crippen molar-refractivity contribution in [3.63, 3.8) is 0 Å². The van der Waals surface area contributed by atoms with Crippen LogP contribution in [0.15, 0.2) is 48.5 Å². The first kappa shape index (κ1) is 21.4. The zero-order valence-corrected chi connectivity index (χ0v) is 17.8. The van der Waals surface area contributed by atoms with Crippen molar-refractivity contribution in [2.75, 3.05) is 26.3 Å². The van der Waals surface area contributed by atoms with Gasteiger partial charge in [-0.2, -0.15) is 0 Å². The Bertz CT molecular complexity index is 1070. The van der Waals surface area contributed by atoms with Crippen molar-refractivity contribution in [1.29, 1.82) is 0 Å². The van der Waals surface area contributed by atoms with E-state index in [4.69, 9.17) is 14.6 Å². The number of aliphatic hydroxyl groups is 1. The summed E-state index contributed by atoms with van der Waals surface area (Å²) < 4.78 is 11.0. The highest BCUT2D eigenvalue weighted by atomic mass is 16.6. The Hall–Kier alpha value is -3.43. The Balaban J connectivity index is 1.20. The summed E-state index contributed by atoms with van der Waals surface area (Å²) in [5.74, 6) is -1.90. The number of hydrogen-bond donors (Lipinski definition) is 3. The van der Waals surface area contributed by atoms with Crippen LogP contribution in [0.2, 0.25) is 0 Å². The fraction of sp³-hybridized carbons (Fsp3) is 0.375. The van der Waals surface area contributed by atoms with E-state index >= 15 is 0 Å². The third-order valence-electron chi connectivity index (χ3n) is 6.60. The lowest BCUT2D eigenvalue weighted by atomic mass is 9.93. The van der Waals surface area contributed by atoms with Crippen molar-refractivity contribution in [3.8, 4) is 11.1 Å². The molecule has 0 spiro atoms. The number of aliphatic carboxylic acids is 1. The number of carbonyl (C=O) groups is 3. The summed E-state index contributed by atoms with van der Waals surface area (Å²) >= 11 is 0. The average Bonchev–Trinajstić information content (AvgIpc) is 3.37. The summed E-state index contributed by atoms with van der Waals surface area (Å²) in [7, 11) is 0. The third-order valence-corrected chi connectivity index (χ3v) is 6.60. The molecule has 172 valence electrons. The summed E-state index contributed by atoms with van der Waals surface area (Å²) in [4.78, 5) is 37.5. The van der Waals surface area contributed by atoms with E-state index in [0.29, 0.717) is 6.42 Å². The topological polar surface area (TPSA) is 125 Å². The molecule has 3 N–H and O–H groups in total. The molecule has 0 bridgehead atoms.